The van der Waals surface area contributed by atoms with Crippen LogP contribution in [0.3, 0.4) is 0 Å². The molecule has 0 aliphatic carbocycles. The minimum Gasteiger partial charge on any atom is -0.496 e. The van der Waals surface area contributed by atoms with Gasteiger partial charge in [-0.3, -0.25) is 0 Å². The van der Waals surface area contributed by atoms with Crippen molar-refractivity contribution in [1.82, 2.24) is 14.4 Å². The lowest BCUT2D eigenvalue weighted by atomic mass is 10.0. The lowest BCUT2D eigenvalue weighted by molar-refractivity contribution is 0.336. The van der Waals surface area contributed by atoms with Crippen LogP contribution in [-0.4, -0.2) is 37.0 Å². The van der Waals surface area contributed by atoms with E-state index in [0.29, 0.717) is 11.6 Å². The van der Waals surface area contributed by atoms with Crippen LogP contribution in [0.1, 0.15) is 31.2 Å². The molecule has 2 aromatic carbocycles. The van der Waals surface area contributed by atoms with Crippen molar-refractivity contribution in [2.75, 3.05) is 14.2 Å². The maximum atomic E-state index is 13.0. The van der Waals surface area contributed by atoms with Crippen LogP contribution in [0.2, 0.25) is 0 Å². The minimum atomic E-state index is -3.72. The van der Waals surface area contributed by atoms with Crippen LogP contribution in [0.25, 0.3) is 11.4 Å². The van der Waals surface area contributed by atoms with E-state index in [9.17, 15) is 8.42 Å². The van der Waals surface area contributed by atoms with Gasteiger partial charge in [0.1, 0.15) is 5.75 Å². The van der Waals surface area contributed by atoms with Gasteiger partial charge in [-0.2, -0.15) is 9.29 Å². The first kappa shape index (κ1) is 20.0. The van der Waals surface area contributed by atoms with Crippen molar-refractivity contribution < 1.29 is 17.7 Å². The molecule has 0 N–H and O–H groups in total. The summed E-state index contributed by atoms with van der Waals surface area (Å²) in [7, 11) is -0.666. The second kappa shape index (κ2) is 8.12. The van der Waals surface area contributed by atoms with Crippen LogP contribution in [0.15, 0.2) is 57.9 Å². The molecular formula is C20H23N3O4S. The highest BCUT2D eigenvalue weighted by atomic mass is 32.2. The Balaban J connectivity index is 1.83. The molecular weight excluding hydrogens is 378 g/mol. The molecule has 0 aliphatic rings. The summed E-state index contributed by atoms with van der Waals surface area (Å²) in [6.07, 6.45) is 0. The topological polar surface area (TPSA) is 85.5 Å². The number of aromatic nitrogens is 2. The molecule has 0 saturated heterocycles. The lowest BCUT2D eigenvalue weighted by Crippen LogP contribution is -2.26. The number of sulfonamides is 1. The molecule has 148 valence electrons. The average Bonchev–Trinajstić information content (AvgIpc) is 3.16. The van der Waals surface area contributed by atoms with Crippen molar-refractivity contribution in [2.24, 2.45) is 0 Å². The fourth-order valence-corrected chi connectivity index (χ4v) is 3.96. The largest absolute Gasteiger partial charge is 0.496 e. The highest BCUT2D eigenvalue weighted by molar-refractivity contribution is 7.89. The van der Waals surface area contributed by atoms with E-state index in [1.54, 1.807) is 25.3 Å². The molecule has 0 saturated carbocycles. The lowest BCUT2D eigenvalue weighted by Gasteiger charge is -2.18. The number of hydrogen-bond donors (Lipinski definition) is 0. The van der Waals surface area contributed by atoms with Gasteiger partial charge in [0.15, 0.2) is 0 Å². The highest BCUT2D eigenvalue weighted by Gasteiger charge is 2.25. The second-order valence-corrected chi connectivity index (χ2v) is 8.74. The van der Waals surface area contributed by atoms with Crippen LogP contribution in [0, 0.1) is 0 Å². The highest BCUT2D eigenvalue weighted by Crippen LogP contribution is 2.30. The van der Waals surface area contributed by atoms with Crippen LogP contribution >= 0.6 is 0 Å². The average molecular weight is 401 g/mol. The summed E-state index contributed by atoms with van der Waals surface area (Å²) in [5.74, 6) is 1.44. The fraction of sp³-hybridized carbons (Fsp3) is 0.300. The van der Waals surface area contributed by atoms with Crippen molar-refractivity contribution in [3.63, 3.8) is 0 Å². The maximum Gasteiger partial charge on any atom is 0.243 e. The van der Waals surface area contributed by atoms with Gasteiger partial charge in [0.2, 0.25) is 21.7 Å². The van der Waals surface area contributed by atoms with E-state index in [1.165, 1.54) is 11.4 Å². The Kier molecular flexibility index (Phi) is 5.81. The molecule has 28 heavy (non-hydrogen) atoms. The van der Waals surface area contributed by atoms with Crippen LogP contribution in [0.4, 0.5) is 0 Å². The predicted molar refractivity (Wildman–Crippen MR) is 105 cm³/mol. The Morgan fingerprint density at radius 2 is 1.86 bits per heavy atom. The van der Waals surface area contributed by atoms with Crippen LogP contribution in [-0.2, 0) is 16.6 Å². The van der Waals surface area contributed by atoms with E-state index in [-0.39, 0.29) is 23.2 Å². The van der Waals surface area contributed by atoms with Gasteiger partial charge in [-0.25, -0.2) is 8.42 Å². The number of benzene rings is 2. The summed E-state index contributed by atoms with van der Waals surface area (Å²) in [5, 5.41) is 3.93. The number of hydrogen-bond acceptors (Lipinski definition) is 6. The zero-order chi connectivity index (χ0) is 20.3. The van der Waals surface area contributed by atoms with Gasteiger partial charge in [0.05, 0.1) is 18.6 Å². The second-order valence-electron chi connectivity index (χ2n) is 6.70. The molecule has 1 heterocycles. The van der Waals surface area contributed by atoms with Gasteiger partial charge >= 0.3 is 0 Å². The van der Waals surface area contributed by atoms with Crippen molar-refractivity contribution in [3.05, 3.63) is 60.0 Å². The third kappa shape index (κ3) is 4.07. The van der Waals surface area contributed by atoms with Gasteiger partial charge < -0.3 is 9.26 Å². The minimum absolute atomic E-state index is 0.0226. The summed E-state index contributed by atoms with van der Waals surface area (Å²) in [6.45, 7) is 3.95. The van der Waals surface area contributed by atoms with Gasteiger partial charge in [0.25, 0.3) is 0 Å². The molecule has 0 fully saturated rings. The Morgan fingerprint density at radius 1 is 1.14 bits per heavy atom. The Labute approximate surface area is 165 Å². The first-order valence-corrected chi connectivity index (χ1v) is 10.3. The number of ether oxygens (including phenoxy) is 1. The molecule has 0 spiro atoms. The third-order valence-electron chi connectivity index (χ3n) is 4.39. The maximum absolute atomic E-state index is 13.0. The van der Waals surface area contributed by atoms with Crippen LogP contribution < -0.4 is 4.74 Å². The number of nitrogens with zero attached hydrogens (tertiary/aromatic N) is 3. The van der Waals surface area contributed by atoms with Crippen LogP contribution in [0.5, 0.6) is 5.75 Å². The summed E-state index contributed by atoms with van der Waals surface area (Å²) < 4.78 is 37.7. The molecule has 0 unspecified atom stereocenters. The van der Waals surface area contributed by atoms with E-state index < -0.39 is 10.0 Å². The van der Waals surface area contributed by atoms with E-state index in [2.05, 4.69) is 10.1 Å². The molecule has 8 heteroatoms. The quantitative estimate of drug-likeness (QED) is 0.600. The monoisotopic (exact) mass is 401 g/mol. The molecule has 0 atom stereocenters. The van der Waals surface area contributed by atoms with E-state index >= 15 is 0 Å². The Morgan fingerprint density at radius 3 is 2.50 bits per heavy atom. The van der Waals surface area contributed by atoms with Gasteiger partial charge in [-0.05, 0) is 29.7 Å². The normalized spacial score (nSPS) is 11.9. The molecule has 1 aromatic heterocycles. The molecule has 0 radical (unpaired) electrons. The van der Waals surface area contributed by atoms with Crippen molar-refractivity contribution >= 4 is 10.0 Å². The standard InChI is InChI=1S/C20H23N3O4S/c1-14(2)17-12-16(10-11-18(17)26-4)28(24,25)23(3)13-19-21-20(22-27-19)15-8-6-5-7-9-15/h5-12,14H,13H2,1-4H3. The van der Waals surface area contributed by atoms with Gasteiger partial charge in [-0.1, -0.05) is 49.3 Å². The Hall–Kier alpha value is -2.71. The number of rotatable bonds is 7. The Bertz CT molecular complexity index is 1050. The molecule has 3 aromatic rings. The number of methoxy groups -OCH3 is 1. The summed E-state index contributed by atoms with van der Waals surface area (Å²) in [4.78, 5) is 4.49. The molecule has 7 nitrogen and oxygen atoms in total. The third-order valence-corrected chi connectivity index (χ3v) is 6.19. The van der Waals surface area contributed by atoms with E-state index in [1.807, 2.05) is 44.2 Å². The summed E-state index contributed by atoms with van der Waals surface area (Å²) in [5.41, 5.74) is 1.64. The first-order chi connectivity index (χ1) is 13.3. The molecule has 0 amide bonds. The predicted octanol–water partition coefficient (Wildman–Crippen LogP) is 3.69. The van der Waals surface area contributed by atoms with E-state index in [4.69, 9.17) is 9.26 Å². The van der Waals surface area contributed by atoms with Gasteiger partial charge in [0, 0.05) is 12.6 Å². The molecule has 0 aliphatic heterocycles. The van der Waals surface area contributed by atoms with Crippen molar-refractivity contribution in [2.45, 2.75) is 31.2 Å². The molecule has 0 bridgehead atoms. The van der Waals surface area contributed by atoms with Crippen molar-refractivity contribution in [1.29, 1.82) is 0 Å². The van der Waals surface area contributed by atoms with E-state index in [0.717, 1.165) is 11.1 Å². The zero-order valence-electron chi connectivity index (χ0n) is 16.3. The van der Waals surface area contributed by atoms with Gasteiger partial charge in [-0.15, -0.1) is 0 Å². The first-order valence-electron chi connectivity index (χ1n) is 8.85. The van der Waals surface area contributed by atoms with Crippen molar-refractivity contribution in [3.8, 4) is 17.1 Å². The molecule has 3 rings (SSSR count). The zero-order valence-corrected chi connectivity index (χ0v) is 17.1. The SMILES string of the molecule is COc1ccc(S(=O)(=O)N(C)Cc2nc(-c3ccccc3)no2)cc1C(C)C. The summed E-state index contributed by atoms with van der Waals surface area (Å²) in [6, 6.07) is 14.2. The summed E-state index contributed by atoms with van der Waals surface area (Å²) >= 11 is 0. The smallest absolute Gasteiger partial charge is 0.243 e. The fourth-order valence-electron chi connectivity index (χ4n) is 2.80.